The standard InChI is InChI=1S/C74H86N16O4/c1-71(2)27-51(55(35-75)63(31-71)87-17-9-10-18-87)59(39-79)67(91)83-43-47-25-49(45-85-69(93)61(41-81)53-29-73(5,6)33-65(57(53)37-77)89-21-13-14-22-89)50(46-86-70(94)62(42-82)54-30-74(7,8)34-66(58(54)38-78)90-23-15-16-24-90)26-48(47)44-84-68(92)60(40-80)52-28-72(3,4)32-64(56(52)36-76)88-19-11-12-20-88/h25-26H,9-24,27-34,43-46H2,1-8H3,(H,83,91)(H,84,92)(H,85,93)(H,86,94)/b59-51-,60-52+,61-53+,62-54+. The van der Waals surface area contributed by atoms with Crippen molar-refractivity contribution in [1.82, 2.24) is 40.9 Å². The molecule has 1 aromatic rings. The number of hydrogen-bond acceptors (Lipinski definition) is 16. The topological polar surface area (TPSA) is 320 Å². The van der Waals surface area contributed by atoms with Crippen LogP contribution in [0.2, 0.25) is 0 Å². The van der Waals surface area contributed by atoms with Gasteiger partial charge in [-0.2, -0.15) is 42.1 Å². The van der Waals surface area contributed by atoms with Crippen molar-refractivity contribution in [1.29, 1.82) is 42.1 Å². The van der Waals surface area contributed by atoms with Crippen molar-refractivity contribution in [2.75, 3.05) is 52.4 Å². The SMILES string of the molecule is CC1(C)CC(N2CCCC2)=C(C#N)/C(=C(/C#N)C(=O)NCc2cc(CNC(=O)/C(C#N)=C3\CC(C)(C)CC(N4CCCC4)=C3C#N)c(CNC(=O)/C(C#N)=C3\CC(C)(C)CC(N4CCCC4)=C3C#N)cc2CNC(=O)/C(C#N)=C2\CC(C)(C)CC(N3CCCC3)=C2C#N)C1. The molecule has 4 heterocycles. The van der Waals surface area contributed by atoms with Gasteiger partial charge in [0.15, 0.2) is 0 Å². The Hall–Kier alpha value is -9.86. The Balaban J connectivity index is 1.16. The van der Waals surface area contributed by atoms with Crippen LogP contribution in [0.4, 0.5) is 0 Å². The minimum Gasteiger partial charge on any atom is -0.374 e. The molecule has 94 heavy (non-hydrogen) atoms. The van der Waals surface area contributed by atoms with Gasteiger partial charge in [0.25, 0.3) is 23.6 Å². The number of carbonyl (C=O) groups excluding carboxylic acids is 4. The Morgan fingerprint density at radius 3 is 0.670 bits per heavy atom. The number of nitrogens with one attached hydrogen (secondary N) is 4. The average Bonchev–Trinajstić information content (AvgIpc) is 1.12. The second-order valence-corrected chi connectivity index (χ2v) is 29.6. The first-order valence-corrected chi connectivity index (χ1v) is 33.2. The maximum Gasteiger partial charge on any atom is 0.262 e. The quantitative estimate of drug-likeness (QED) is 0.0883. The zero-order valence-electron chi connectivity index (χ0n) is 56.0. The number of allylic oxidation sites excluding steroid dienone is 12. The van der Waals surface area contributed by atoms with E-state index in [2.05, 4.69) is 89.4 Å². The molecule has 0 aromatic heterocycles. The molecule has 4 saturated heterocycles. The highest BCUT2D eigenvalue weighted by Crippen LogP contribution is 2.49. The van der Waals surface area contributed by atoms with Crippen LogP contribution in [-0.2, 0) is 45.4 Å². The molecule has 20 heteroatoms. The van der Waals surface area contributed by atoms with E-state index in [1.807, 2.05) is 55.4 Å². The van der Waals surface area contributed by atoms with Crippen LogP contribution in [0.5, 0.6) is 0 Å². The molecular weight excluding hydrogens is 1180 g/mol. The summed E-state index contributed by atoms with van der Waals surface area (Å²) < 4.78 is 0. The largest absolute Gasteiger partial charge is 0.374 e. The highest BCUT2D eigenvalue weighted by molar-refractivity contribution is 6.01. The summed E-state index contributed by atoms with van der Waals surface area (Å²) in [6, 6.07) is 21.2. The van der Waals surface area contributed by atoms with Crippen LogP contribution in [0.25, 0.3) is 0 Å². The van der Waals surface area contributed by atoms with Crippen LogP contribution in [0.1, 0.15) is 180 Å². The van der Waals surface area contributed by atoms with E-state index >= 15 is 0 Å². The molecule has 4 N–H and O–H groups in total. The van der Waals surface area contributed by atoms with Gasteiger partial charge in [0.2, 0.25) is 0 Å². The summed E-state index contributed by atoms with van der Waals surface area (Å²) in [7, 11) is 0. The molecule has 0 atom stereocenters. The number of hydrogen-bond donors (Lipinski definition) is 4. The van der Waals surface area contributed by atoms with Gasteiger partial charge in [-0.3, -0.25) is 19.2 Å². The van der Waals surface area contributed by atoms with Crippen molar-refractivity contribution >= 4 is 23.6 Å². The predicted molar refractivity (Wildman–Crippen MR) is 350 cm³/mol. The van der Waals surface area contributed by atoms with Crippen molar-refractivity contribution < 1.29 is 19.2 Å². The second kappa shape index (κ2) is 28.6. The first kappa shape index (κ1) is 68.5. The maximum absolute atomic E-state index is 14.8. The molecular formula is C74H86N16O4. The summed E-state index contributed by atoms with van der Waals surface area (Å²) in [5, 5.41) is 98.2. The van der Waals surface area contributed by atoms with Crippen molar-refractivity contribution in [2.24, 2.45) is 21.7 Å². The summed E-state index contributed by atoms with van der Waals surface area (Å²) >= 11 is 0. The van der Waals surface area contributed by atoms with E-state index in [0.717, 1.165) is 127 Å². The highest BCUT2D eigenvalue weighted by Gasteiger charge is 2.41. The zero-order chi connectivity index (χ0) is 67.9. The van der Waals surface area contributed by atoms with Gasteiger partial charge in [-0.15, -0.1) is 0 Å². The number of nitrogens with zero attached hydrogens (tertiary/aromatic N) is 12. The normalized spacial score (nSPS) is 22.7. The third-order valence-electron chi connectivity index (χ3n) is 19.8. The average molecular weight is 1260 g/mol. The number of rotatable bonds is 16. The lowest BCUT2D eigenvalue weighted by Gasteiger charge is -2.37. The van der Waals surface area contributed by atoms with Gasteiger partial charge in [0.05, 0.1) is 22.3 Å². The number of likely N-dealkylation sites (tertiary alicyclic amines) is 4. The molecule has 4 fully saturated rings. The predicted octanol–water partition coefficient (Wildman–Crippen LogP) is 10.2. The Labute approximate surface area is 554 Å². The lowest BCUT2D eigenvalue weighted by Crippen LogP contribution is -2.33. The fraction of sp³-hybridized carbons (Fsp3) is 0.541. The van der Waals surface area contributed by atoms with Crippen molar-refractivity contribution in [3.8, 4) is 48.6 Å². The van der Waals surface area contributed by atoms with Gasteiger partial charge in [-0.1, -0.05) is 67.5 Å². The first-order valence-electron chi connectivity index (χ1n) is 33.2. The number of benzene rings is 1. The van der Waals surface area contributed by atoms with Gasteiger partial charge >= 0.3 is 0 Å². The van der Waals surface area contributed by atoms with Crippen LogP contribution in [0, 0.1) is 112 Å². The molecule has 0 saturated carbocycles. The Morgan fingerprint density at radius 2 is 0.511 bits per heavy atom. The molecule has 1 aromatic carbocycles. The summed E-state index contributed by atoms with van der Waals surface area (Å²) in [6.07, 6.45) is 11.0. The fourth-order valence-electron chi connectivity index (χ4n) is 15.3. The van der Waals surface area contributed by atoms with Gasteiger partial charge in [0, 0.05) is 101 Å². The monoisotopic (exact) mass is 1260 g/mol. The molecule has 0 bridgehead atoms. The Morgan fingerprint density at radius 1 is 0.330 bits per heavy atom. The first-order chi connectivity index (χ1) is 44.8. The van der Waals surface area contributed by atoms with Crippen LogP contribution in [0.15, 0.2) is 102 Å². The minimum atomic E-state index is -0.761. The van der Waals surface area contributed by atoms with Crippen LogP contribution < -0.4 is 21.3 Å². The van der Waals surface area contributed by atoms with Gasteiger partial charge < -0.3 is 40.9 Å². The highest BCUT2D eigenvalue weighted by atomic mass is 16.2. The molecule has 8 aliphatic rings. The number of nitriles is 8. The van der Waals surface area contributed by atoms with Crippen molar-refractivity contribution in [3.63, 3.8) is 0 Å². The van der Waals surface area contributed by atoms with E-state index in [1.165, 1.54) is 0 Å². The van der Waals surface area contributed by atoms with Crippen LogP contribution in [-0.4, -0.2) is 95.6 Å². The smallest absolute Gasteiger partial charge is 0.262 e. The van der Waals surface area contributed by atoms with Crippen LogP contribution >= 0.6 is 0 Å². The van der Waals surface area contributed by atoms with E-state index in [0.29, 0.717) is 92.5 Å². The van der Waals surface area contributed by atoms with Crippen molar-refractivity contribution in [2.45, 2.75) is 184 Å². The summed E-state index contributed by atoms with van der Waals surface area (Å²) in [6.45, 7) is 21.2. The van der Waals surface area contributed by atoms with E-state index in [4.69, 9.17) is 0 Å². The van der Waals surface area contributed by atoms with E-state index in [1.54, 1.807) is 12.1 Å². The second-order valence-electron chi connectivity index (χ2n) is 29.6. The summed E-state index contributed by atoms with van der Waals surface area (Å²) in [5.41, 5.74) is 4.67. The third-order valence-corrected chi connectivity index (χ3v) is 19.8. The molecule has 0 spiro atoms. The van der Waals surface area contributed by atoms with Gasteiger partial charge in [-0.25, -0.2) is 0 Å². The molecule has 4 amide bonds. The van der Waals surface area contributed by atoms with E-state index in [-0.39, 0.29) is 74.2 Å². The Bertz CT molecular complexity index is 3450. The lowest BCUT2D eigenvalue weighted by molar-refractivity contribution is -0.118. The fourth-order valence-corrected chi connectivity index (χ4v) is 15.3. The molecule has 0 unspecified atom stereocenters. The molecule has 0 radical (unpaired) electrons. The van der Waals surface area contributed by atoms with E-state index < -0.39 is 45.3 Å². The minimum absolute atomic E-state index is 0.231. The lowest BCUT2D eigenvalue weighted by atomic mass is 9.72. The number of carbonyl (C=O) groups is 4. The molecule has 486 valence electrons. The molecule has 4 aliphatic carbocycles. The zero-order valence-corrected chi connectivity index (χ0v) is 56.0. The summed E-state index contributed by atoms with van der Waals surface area (Å²) in [5.74, 6) is -3.04. The molecule has 4 aliphatic heterocycles. The van der Waals surface area contributed by atoms with Gasteiger partial charge in [-0.05, 0) is 169 Å². The van der Waals surface area contributed by atoms with Gasteiger partial charge in [0.1, 0.15) is 70.8 Å². The Kier molecular flexibility index (Phi) is 20.8. The molecule has 9 rings (SSSR count). The third kappa shape index (κ3) is 15.0. The molecule has 20 nitrogen and oxygen atoms in total. The van der Waals surface area contributed by atoms with Crippen LogP contribution in [0.3, 0.4) is 0 Å². The van der Waals surface area contributed by atoms with E-state index in [9.17, 15) is 61.3 Å². The van der Waals surface area contributed by atoms with Crippen molar-refractivity contribution in [3.05, 3.63) is 124 Å². The number of amides is 4. The summed E-state index contributed by atoms with van der Waals surface area (Å²) in [4.78, 5) is 67.7. The maximum atomic E-state index is 14.8.